The summed E-state index contributed by atoms with van der Waals surface area (Å²) in [6.07, 6.45) is 2.46. The molecule has 0 saturated carbocycles. The van der Waals surface area contributed by atoms with Gasteiger partial charge in [0, 0.05) is 0 Å². The van der Waals surface area contributed by atoms with Crippen molar-refractivity contribution >= 4 is 0 Å². The summed E-state index contributed by atoms with van der Waals surface area (Å²) in [6, 6.07) is 0. The smallest absolute Gasteiger partial charge is 0.565 e. The van der Waals surface area contributed by atoms with Gasteiger partial charge in [-0.3, -0.25) is 0 Å². The van der Waals surface area contributed by atoms with Gasteiger partial charge < -0.3 is 18.4 Å². The van der Waals surface area contributed by atoms with Crippen molar-refractivity contribution in [2.24, 2.45) is 0 Å². The molecule has 0 radical (unpaired) electrons. The Labute approximate surface area is 81.3 Å². The van der Waals surface area contributed by atoms with Gasteiger partial charge in [-0.05, 0) is 0 Å². The van der Waals surface area contributed by atoms with E-state index < -0.39 is 0 Å². The second-order valence-corrected chi connectivity index (χ2v) is 0.394. The molecular weight excluding hydrogens is 68.9 g/mol. The molecule has 0 amide bonds. The fourth-order valence-corrected chi connectivity index (χ4v) is 0. The molecule has 0 atom stereocenters. The molecule has 0 nitrogen and oxygen atoms in total. The van der Waals surface area contributed by atoms with Crippen LogP contribution in [0.1, 0.15) is 6.92 Å². The number of rotatable bonds is 0. The first-order chi connectivity index (χ1) is 1.91. The van der Waals surface area contributed by atoms with E-state index >= 15 is 0 Å². The Morgan fingerprint density at radius 3 is 1.43 bits per heavy atom. The molecule has 0 spiro atoms. The number of allylic oxidation sites excluding steroid dienone is 1. The molecule has 7 heavy (non-hydrogen) atoms. The third-order valence-electron chi connectivity index (χ3n) is 0.144. The third-order valence-corrected chi connectivity index (χ3v) is 0.144. The zero-order valence-electron chi connectivity index (χ0n) is 5.58. The van der Waals surface area contributed by atoms with Crippen LogP contribution < -0.4 is 56.6 Å². The first kappa shape index (κ1) is 23.9. The average Bonchev–Trinajstić information content (AvgIpc) is 1.37. The molecular formula is C4H4Li3+. The van der Waals surface area contributed by atoms with Crippen LogP contribution in [0.5, 0.6) is 0 Å². The number of hydrogen-bond acceptors (Lipinski definition) is 0. The van der Waals surface area contributed by atoms with Crippen LogP contribution in [0.15, 0.2) is 5.73 Å². The van der Waals surface area contributed by atoms with E-state index in [0.717, 1.165) is 0 Å². The Morgan fingerprint density at radius 1 is 1.29 bits per heavy atom. The molecule has 22 valence electrons. The first-order valence-electron chi connectivity index (χ1n) is 1.04. The van der Waals surface area contributed by atoms with Gasteiger partial charge in [0.05, 0.1) is 0 Å². The fourth-order valence-electron chi connectivity index (χ4n) is 0. The van der Waals surface area contributed by atoms with Gasteiger partial charge in [0.25, 0.3) is 0 Å². The van der Waals surface area contributed by atoms with Crippen molar-refractivity contribution in [3.63, 3.8) is 0 Å². The van der Waals surface area contributed by atoms with Gasteiger partial charge in [0.15, 0.2) is 0 Å². The molecule has 0 unspecified atom stereocenters. The van der Waals surface area contributed by atoms with Crippen LogP contribution in [0.4, 0.5) is 0 Å². The molecule has 0 aliphatic heterocycles. The van der Waals surface area contributed by atoms with Gasteiger partial charge in [-0.15, -0.1) is 0 Å². The maximum atomic E-state index is 4.67. The fraction of sp³-hybridized carbons (Fsp3) is 0.250. The second-order valence-electron chi connectivity index (χ2n) is 0.394. The third kappa shape index (κ3) is 38.6. The molecule has 0 rings (SSSR count). The minimum absolute atomic E-state index is 0. The van der Waals surface area contributed by atoms with Gasteiger partial charge >= 0.3 is 56.6 Å². The topological polar surface area (TPSA) is 0 Å². The van der Waals surface area contributed by atoms with Gasteiger partial charge in [-0.2, -0.15) is 6.92 Å². The second kappa shape index (κ2) is 26.6. The molecule has 0 heterocycles. The van der Waals surface area contributed by atoms with Gasteiger partial charge in [0.1, 0.15) is 0 Å². The standard InChI is InChI=1S/C4H4.3Li/c1-3-4-2;;;/h1H,2H3;;;/q-2;3*+1. The van der Waals surface area contributed by atoms with E-state index in [0.29, 0.717) is 0 Å². The quantitative estimate of drug-likeness (QED) is 0.152. The summed E-state index contributed by atoms with van der Waals surface area (Å²) >= 11 is 0. The van der Waals surface area contributed by atoms with E-state index in [-0.39, 0.29) is 56.6 Å². The van der Waals surface area contributed by atoms with Crippen LogP contribution in [0, 0.1) is 12.7 Å². The predicted octanol–water partition coefficient (Wildman–Crippen LogP) is -8.03. The maximum absolute atomic E-state index is 4.67. The molecule has 0 aliphatic rings. The Bertz CT molecular complexity index is 44.9. The van der Waals surface area contributed by atoms with Crippen LogP contribution in [-0.4, -0.2) is 0 Å². The van der Waals surface area contributed by atoms with Crippen LogP contribution in [-0.2, 0) is 0 Å². The zero-order valence-corrected chi connectivity index (χ0v) is 5.58. The van der Waals surface area contributed by atoms with Crippen LogP contribution >= 0.6 is 0 Å². The van der Waals surface area contributed by atoms with Crippen molar-refractivity contribution in [1.82, 2.24) is 0 Å². The molecule has 0 N–H and O–H groups in total. The van der Waals surface area contributed by atoms with E-state index in [1.54, 1.807) is 6.92 Å². The summed E-state index contributed by atoms with van der Waals surface area (Å²) in [4.78, 5) is 0. The molecule has 0 bridgehead atoms. The molecule has 0 aromatic heterocycles. The normalized spacial score (nSPS) is 2.43. The molecule has 3 heteroatoms. The maximum Gasteiger partial charge on any atom is 1.00 e. The molecule has 0 aromatic rings. The Hall–Kier alpha value is 1.31. The molecule has 0 aromatic carbocycles. The summed E-state index contributed by atoms with van der Waals surface area (Å²) in [7, 11) is 0. The van der Waals surface area contributed by atoms with Gasteiger partial charge in [0.2, 0.25) is 0 Å². The Morgan fingerprint density at radius 2 is 1.43 bits per heavy atom. The van der Waals surface area contributed by atoms with Crippen molar-refractivity contribution in [2.45, 2.75) is 6.92 Å². The van der Waals surface area contributed by atoms with E-state index in [4.69, 9.17) is 0 Å². The van der Waals surface area contributed by atoms with Crippen molar-refractivity contribution in [3.05, 3.63) is 18.4 Å². The summed E-state index contributed by atoms with van der Waals surface area (Å²) < 4.78 is 0. The van der Waals surface area contributed by atoms with Crippen molar-refractivity contribution in [1.29, 1.82) is 0 Å². The molecule has 0 fully saturated rings. The van der Waals surface area contributed by atoms with Crippen molar-refractivity contribution in [2.75, 3.05) is 0 Å². The van der Waals surface area contributed by atoms with Crippen molar-refractivity contribution < 1.29 is 56.6 Å². The Balaban J connectivity index is -0.0000000150. The minimum atomic E-state index is 0. The van der Waals surface area contributed by atoms with Gasteiger partial charge in [-0.1, -0.05) is 0 Å². The summed E-state index contributed by atoms with van der Waals surface area (Å²) in [5, 5.41) is 0. The zero-order chi connectivity index (χ0) is 3.41. The van der Waals surface area contributed by atoms with Crippen molar-refractivity contribution in [3.8, 4) is 0 Å². The van der Waals surface area contributed by atoms with Crippen LogP contribution in [0.3, 0.4) is 0 Å². The SMILES string of the molecule is [CH-]=C=[C-]C.[Li+].[Li+].[Li+]. The number of hydrogen-bond donors (Lipinski definition) is 0. The average molecular weight is 72.9 g/mol. The largest absolute Gasteiger partial charge is 1.00 e. The monoisotopic (exact) mass is 73.1 g/mol. The van der Waals surface area contributed by atoms with Crippen LogP contribution in [0.25, 0.3) is 0 Å². The predicted molar refractivity (Wildman–Crippen MR) is 16.7 cm³/mol. The Kier molecular flexibility index (Phi) is 90.7. The minimum Gasteiger partial charge on any atom is -0.565 e. The van der Waals surface area contributed by atoms with E-state index in [1.165, 1.54) is 0 Å². The van der Waals surface area contributed by atoms with E-state index in [9.17, 15) is 0 Å². The summed E-state index contributed by atoms with van der Waals surface area (Å²) in [6.45, 7) is 6.36. The van der Waals surface area contributed by atoms with E-state index in [1.807, 2.05) is 0 Å². The molecule has 0 saturated heterocycles. The first-order valence-corrected chi connectivity index (χ1v) is 1.04. The van der Waals surface area contributed by atoms with Crippen LogP contribution in [0.2, 0.25) is 0 Å². The summed E-state index contributed by atoms with van der Waals surface area (Å²) in [5.41, 5.74) is 2.18. The van der Waals surface area contributed by atoms with E-state index in [2.05, 4.69) is 18.4 Å². The summed E-state index contributed by atoms with van der Waals surface area (Å²) in [5.74, 6) is 0. The molecule has 0 aliphatic carbocycles. The van der Waals surface area contributed by atoms with Gasteiger partial charge in [-0.25, -0.2) is 0 Å².